The Kier molecular flexibility index (Phi) is 6.78. The van der Waals surface area contributed by atoms with Gasteiger partial charge in [-0.2, -0.15) is 5.26 Å². The van der Waals surface area contributed by atoms with Crippen molar-refractivity contribution in [3.05, 3.63) is 70.5 Å². The molecule has 1 aromatic carbocycles. The molecule has 1 atom stereocenters. The quantitative estimate of drug-likeness (QED) is 0.276. The summed E-state index contributed by atoms with van der Waals surface area (Å²) >= 11 is 3.32. The lowest BCUT2D eigenvalue weighted by molar-refractivity contribution is -0.126. The molecule has 3 rings (SSSR count). The fourth-order valence-corrected chi connectivity index (χ4v) is 4.09. The minimum atomic E-state index is -0.307. The van der Waals surface area contributed by atoms with Gasteiger partial charge in [-0.05, 0) is 58.5 Å². The molecule has 0 radical (unpaired) electrons. The Hall–Kier alpha value is -2.45. The summed E-state index contributed by atoms with van der Waals surface area (Å²) in [5, 5.41) is 9.80. The van der Waals surface area contributed by atoms with Crippen LogP contribution >= 0.6 is 15.9 Å². The van der Waals surface area contributed by atoms with Crippen molar-refractivity contribution in [3.8, 4) is 6.19 Å². The number of benzene rings is 1. The van der Waals surface area contributed by atoms with Gasteiger partial charge in [0.15, 0.2) is 6.19 Å². The molecule has 0 saturated heterocycles. The number of amides is 1. The molecule has 138 valence electrons. The van der Waals surface area contributed by atoms with E-state index in [9.17, 15) is 10.1 Å². The average Bonchev–Trinajstić information content (AvgIpc) is 2.71. The number of carbonyl (C=O) groups excluding carboxylic acids is 1. The van der Waals surface area contributed by atoms with Gasteiger partial charge in [-0.1, -0.05) is 55.7 Å². The van der Waals surface area contributed by atoms with Gasteiger partial charge in [0.25, 0.3) is 5.91 Å². The van der Waals surface area contributed by atoms with Crippen molar-refractivity contribution < 1.29 is 4.79 Å². The summed E-state index contributed by atoms with van der Waals surface area (Å²) in [6, 6.07) is 15.2. The van der Waals surface area contributed by atoms with Gasteiger partial charge in [0, 0.05) is 6.08 Å². The molecule has 27 heavy (non-hydrogen) atoms. The average molecular weight is 424 g/mol. The summed E-state index contributed by atoms with van der Waals surface area (Å²) in [5.41, 5.74) is 1.69. The zero-order valence-corrected chi connectivity index (χ0v) is 16.7. The van der Waals surface area contributed by atoms with Crippen LogP contribution in [0.4, 0.5) is 0 Å². The van der Waals surface area contributed by atoms with Gasteiger partial charge in [-0.3, -0.25) is 4.79 Å². The number of aromatic nitrogens is 1. The molecule has 5 heteroatoms. The van der Waals surface area contributed by atoms with E-state index in [0.29, 0.717) is 16.2 Å². The van der Waals surface area contributed by atoms with Crippen molar-refractivity contribution >= 4 is 27.9 Å². The first-order valence-corrected chi connectivity index (χ1v) is 10.1. The third-order valence-electron chi connectivity index (χ3n) is 4.99. The molecular formula is C22H22BrN3O. The molecule has 1 fully saturated rings. The number of hydrogen-bond donors (Lipinski definition) is 0. The van der Waals surface area contributed by atoms with Crippen LogP contribution in [-0.2, 0) is 4.79 Å². The summed E-state index contributed by atoms with van der Waals surface area (Å²) in [5.74, 6) is 0.000784. The Morgan fingerprint density at radius 2 is 1.89 bits per heavy atom. The second kappa shape index (κ2) is 9.48. The summed E-state index contributed by atoms with van der Waals surface area (Å²) < 4.78 is 0.707. The van der Waals surface area contributed by atoms with E-state index in [-0.39, 0.29) is 11.9 Å². The third-order valence-corrected chi connectivity index (χ3v) is 5.44. The van der Waals surface area contributed by atoms with Crippen molar-refractivity contribution in [2.45, 2.75) is 38.1 Å². The highest BCUT2D eigenvalue weighted by molar-refractivity contribution is 9.10. The standard InChI is InChI=1S/C22H22BrN3O/c23-20-13-7-12-19(25-20)14-15-21(27)26(16-24)22(17-8-3-1-4-9-17)18-10-5-2-6-11-18/h1,3-4,7-9,12-15,18,22H,2,5-6,10-11H2/t22-/m1/s1. The van der Waals surface area contributed by atoms with Crippen LogP contribution in [0.1, 0.15) is 49.4 Å². The summed E-state index contributed by atoms with van der Waals surface area (Å²) in [6.45, 7) is 0. The van der Waals surface area contributed by atoms with Gasteiger partial charge in [-0.15, -0.1) is 0 Å². The van der Waals surface area contributed by atoms with E-state index in [1.807, 2.05) is 48.5 Å². The molecule has 1 amide bonds. The highest BCUT2D eigenvalue weighted by Gasteiger charge is 2.32. The van der Waals surface area contributed by atoms with Crippen LogP contribution in [0.5, 0.6) is 0 Å². The molecule has 0 spiro atoms. The molecule has 1 saturated carbocycles. The molecule has 1 aromatic heterocycles. The monoisotopic (exact) mass is 423 g/mol. The molecule has 0 unspecified atom stereocenters. The van der Waals surface area contributed by atoms with Gasteiger partial charge < -0.3 is 0 Å². The van der Waals surface area contributed by atoms with Crippen molar-refractivity contribution in [2.75, 3.05) is 0 Å². The molecule has 4 nitrogen and oxygen atoms in total. The number of halogens is 1. The predicted octanol–water partition coefficient (Wildman–Crippen LogP) is 5.49. The Bertz CT molecular complexity index is 838. The molecule has 1 aliphatic rings. The summed E-state index contributed by atoms with van der Waals surface area (Å²) in [7, 11) is 0. The normalized spacial score (nSPS) is 16.0. The maximum atomic E-state index is 12.9. The Labute approximate surface area is 168 Å². The molecule has 0 bridgehead atoms. The van der Waals surface area contributed by atoms with E-state index in [0.717, 1.165) is 31.2 Å². The maximum absolute atomic E-state index is 12.9. The lowest BCUT2D eigenvalue weighted by Gasteiger charge is -2.34. The van der Waals surface area contributed by atoms with E-state index in [4.69, 9.17) is 0 Å². The lowest BCUT2D eigenvalue weighted by Crippen LogP contribution is -2.35. The van der Waals surface area contributed by atoms with Gasteiger partial charge in [0.1, 0.15) is 4.60 Å². The van der Waals surface area contributed by atoms with Crippen LogP contribution in [0.2, 0.25) is 0 Å². The smallest absolute Gasteiger partial charge is 0.260 e. The highest BCUT2D eigenvalue weighted by atomic mass is 79.9. The number of pyridine rings is 1. The largest absolute Gasteiger partial charge is 0.269 e. The van der Waals surface area contributed by atoms with Crippen LogP contribution in [0.15, 0.2) is 59.2 Å². The molecule has 1 heterocycles. The maximum Gasteiger partial charge on any atom is 0.260 e. The van der Waals surface area contributed by atoms with Crippen molar-refractivity contribution in [1.29, 1.82) is 5.26 Å². The van der Waals surface area contributed by atoms with E-state index in [2.05, 4.69) is 27.1 Å². The molecular weight excluding hydrogens is 402 g/mol. The van der Waals surface area contributed by atoms with Gasteiger partial charge in [-0.25, -0.2) is 9.88 Å². The van der Waals surface area contributed by atoms with E-state index in [1.165, 1.54) is 17.4 Å². The minimum Gasteiger partial charge on any atom is -0.269 e. The minimum absolute atomic E-state index is 0.218. The van der Waals surface area contributed by atoms with E-state index < -0.39 is 0 Å². The fourth-order valence-electron chi connectivity index (χ4n) is 3.73. The van der Waals surface area contributed by atoms with Crippen molar-refractivity contribution in [2.24, 2.45) is 5.92 Å². The van der Waals surface area contributed by atoms with Crippen molar-refractivity contribution in [1.82, 2.24) is 9.88 Å². The Morgan fingerprint density at radius 1 is 1.15 bits per heavy atom. The van der Waals surface area contributed by atoms with Crippen LogP contribution < -0.4 is 0 Å². The first-order valence-electron chi connectivity index (χ1n) is 9.27. The number of carbonyl (C=O) groups is 1. The number of nitriles is 1. The van der Waals surface area contributed by atoms with E-state index >= 15 is 0 Å². The Balaban J connectivity index is 1.86. The predicted molar refractivity (Wildman–Crippen MR) is 109 cm³/mol. The number of nitrogens with zero attached hydrogens (tertiary/aromatic N) is 3. The van der Waals surface area contributed by atoms with Crippen LogP contribution in [0.3, 0.4) is 0 Å². The zero-order valence-electron chi connectivity index (χ0n) is 15.1. The molecule has 1 aliphatic carbocycles. The number of rotatable bonds is 5. The summed E-state index contributed by atoms with van der Waals surface area (Å²) in [4.78, 5) is 18.5. The zero-order chi connectivity index (χ0) is 19.1. The van der Waals surface area contributed by atoms with Crippen LogP contribution in [0, 0.1) is 17.4 Å². The van der Waals surface area contributed by atoms with Crippen LogP contribution in [-0.4, -0.2) is 15.8 Å². The SMILES string of the molecule is N#CN(C(=O)C=Cc1cccc(Br)n1)[C@H](c1ccccc1)C1CCCCC1. The van der Waals surface area contributed by atoms with E-state index in [1.54, 1.807) is 6.08 Å². The second-order valence-corrected chi connectivity index (χ2v) is 7.59. The lowest BCUT2D eigenvalue weighted by atomic mass is 9.80. The Morgan fingerprint density at radius 3 is 2.56 bits per heavy atom. The third kappa shape index (κ3) is 5.05. The van der Waals surface area contributed by atoms with Crippen molar-refractivity contribution in [3.63, 3.8) is 0 Å². The summed E-state index contributed by atoms with van der Waals surface area (Å²) in [6.07, 6.45) is 10.9. The fraction of sp³-hybridized carbons (Fsp3) is 0.318. The topological polar surface area (TPSA) is 57.0 Å². The van der Waals surface area contributed by atoms with Gasteiger partial charge in [0.05, 0.1) is 11.7 Å². The highest BCUT2D eigenvalue weighted by Crippen LogP contribution is 2.38. The van der Waals surface area contributed by atoms with Crippen LogP contribution in [0.25, 0.3) is 6.08 Å². The molecule has 0 aliphatic heterocycles. The molecule has 2 aromatic rings. The van der Waals surface area contributed by atoms with Gasteiger partial charge >= 0.3 is 0 Å². The number of hydrogen-bond acceptors (Lipinski definition) is 3. The second-order valence-electron chi connectivity index (χ2n) is 6.78. The van der Waals surface area contributed by atoms with Gasteiger partial charge in [0.2, 0.25) is 0 Å². The first kappa shape index (κ1) is 19.3. The first-order chi connectivity index (χ1) is 13.2. The molecule has 0 N–H and O–H groups in total.